The van der Waals surface area contributed by atoms with Gasteiger partial charge in [-0.05, 0) is 17.9 Å². The van der Waals surface area contributed by atoms with Gasteiger partial charge < -0.3 is 11.1 Å². The number of carbonyl (C=O) groups is 1. The molecule has 0 aromatic heterocycles. The van der Waals surface area contributed by atoms with Crippen molar-refractivity contribution in [3.05, 3.63) is 29.8 Å². The van der Waals surface area contributed by atoms with E-state index in [2.05, 4.69) is 23.7 Å². The van der Waals surface area contributed by atoms with Gasteiger partial charge in [0, 0.05) is 24.4 Å². The molecular weight excluding hydrogens is 208 g/mol. The Morgan fingerprint density at radius 3 is 2.87 bits per heavy atom. The Morgan fingerprint density at radius 2 is 2.20 bits per heavy atom. The molecule has 0 saturated heterocycles. The molecule has 0 heterocycles. The Morgan fingerprint density at radius 1 is 1.47 bits per heavy atom. The summed E-state index contributed by atoms with van der Waals surface area (Å²) in [6.45, 7) is 1.42. The molecule has 3 nitrogen and oxygen atoms in total. The molecule has 1 aromatic rings. The summed E-state index contributed by atoms with van der Waals surface area (Å²) in [4.78, 5) is 11.8. The summed E-state index contributed by atoms with van der Waals surface area (Å²) < 4.78 is 0. The zero-order valence-electron chi connectivity index (χ0n) is 8.82. The fourth-order valence-corrected chi connectivity index (χ4v) is 1.90. The van der Waals surface area contributed by atoms with Crippen LogP contribution in [0, 0.1) is 0 Å². The van der Waals surface area contributed by atoms with Gasteiger partial charge in [0.1, 0.15) is 0 Å². The molecule has 3 N–H and O–H groups in total. The van der Waals surface area contributed by atoms with Gasteiger partial charge in [-0.2, -0.15) is 0 Å². The molecule has 1 amide bonds. The lowest BCUT2D eigenvalue weighted by atomic mass is 10.2. The first-order chi connectivity index (χ1) is 7.24. The molecule has 82 valence electrons. The molecule has 1 aromatic carbocycles. The van der Waals surface area contributed by atoms with Crippen molar-refractivity contribution < 1.29 is 4.79 Å². The maximum absolute atomic E-state index is 10.5. The van der Waals surface area contributed by atoms with E-state index < -0.39 is 0 Å². The second kappa shape index (κ2) is 6.48. The predicted molar refractivity (Wildman–Crippen MR) is 63.7 cm³/mol. The summed E-state index contributed by atoms with van der Waals surface area (Å²) in [5.74, 6) is -0.263. The van der Waals surface area contributed by atoms with E-state index in [4.69, 9.17) is 5.73 Å². The van der Waals surface area contributed by atoms with Crippen LogP contribution in [-0.4, -0.2) is 18.7 Å². The molecule has 0 aliphatic heterocycles. The van der Waals surface area contributed by atoms with E-state index in [9.17, 15) is 4.79 Å². The van der Waals surface area contributed by atoms with Crippen molar-refractivity contribution in [2.75, 3.05) is 12.8 Å². The summed E-state index contributed by atoms with van der Waals surface area (Å²) in [6, 6.07) is 8.22. The first kappa shape index (κ1) is 12.1. The molecule has 0 atom stereocenters. The predicted octanol–water partition coefficient (Wildman–Crippen LogP) is 1.37. The topological polar surface area (TPSA) is 55.1 Å². The van der Waals surface area contributed by atoms with Crippen molar-refractivity contribution in [1.82, 2.24) is 5.32 Å². The molecule has 0 radical (unpaired) electrons. The number of nitrogens with two attached hydrogens (primary N) is 1. The highest BCUT2D eigenvalue weighted by Crippen LogP contribution is 2.19. The van der Waals surface area contributed by atoms with Crippen molar-refractivity contribution in [3.63, 3.8) is 0 Å². The summed E-state index contributed by atoms with van der Waals surface area (Å²) in [5.41, 5.74) is 6.30. The van der Waals surface area contributed by atoms with Crippen LogP contribution < -0.4 is 11.1 Å². The average Bonchev–Trinajstić information content (AvgIpc) is 2.24. The molecule has 0 spiro atoms. The number of nitrogens with one attached hydrogen (secondary N) is 1. The van der Waals surface area contributed by atoms with E-state index in [0.29, 0.717) is 13.0 Å². The van der Waals surface area contributed by atoms with Gasteiger partial charge in [0.25, 0.3) is 0 Å². The number of thioether (sulfide) groups is 1. The lowest BCUT2D eigenvalue weighted by Gasteiger charge is -2.07. The third-order valence-electron chi connectivity index (χ3n) is 2.06. The highest BCUT2D eigenvalue weighted by molar-refractivity contribution is 7.98. The Bertz CT molecular complexity index is 328. The standard InChI is InChI=1S/C11H16N2OS/c1-15-10-5-3-2-4-9(10)8-13-7-6-11(12)14/h2-5,13H,6-8H2,1H3,(H2,12,14). The summed E-state index contributed by atoms with van der Waals surface area (Å²) in [6.07, 6.45) is 2.45. The second-order valence-electron chi connectivity index (χ2n) is 3.20. The Balaban J connectivity index is 2.39. The van der Waals surface area contributed by atoms with E-state index >= 15 is 0 Å². The SMILES string of the molecule is CSc1ccccc1CNCCC(N)=O. The number of hydrogen-bond acceptors (Lipinski definition) is 3. The van der Waals surface area contributed by atoms with Crippen LogP contribution in [0.4, 0.5) is 0 Å². The minimum absolute atomic E-state index is 0.263. The first-order valence-electron chi connectivity index (χ1n) is 4.85. The monoisotopic (exact) mass is 224 g/mol. The van der Waals surface area contributed by atoms with Crippen molar-refractivity contribution >= 4 is 17.7 Å². The van der Waals surface area contributed by atoms with Crippen molar-refractivity contribution in [2.45, 2.75) is 17.9 Å². The van der Waals surface area contributed by atoms with Gasteiger partial charge >= 0.3 is 0 Å². The molecule has 0 aliphatic rings. The number of amides is 1. The van der Waals surface area contributed by atoms with Gasteiger partial charge in [-0.1, -0.05) is 18.2 Å². The van der Waals surface area contributed by atoms with E-state index in [1.165, 1.54) is 10.5 Å². The van der Waals surface area contributed by atoms with E-state index in [-0.39, 0.29) is 5.91 Å². The van der Waals surface area contributed by atoms with Gasteiger partial charge in [0.05, 0.1) is 0 Å². The largest absolute Gasteiger partial charge is 0.370 e. The molecule has 0 aliphatic carbocycles. The third-order valence-corrected chi connectivity index (χ3v) is 2.89. The molecule has 4 heteroatoms. The maximum atomic E-state index is 10.5. The highest BCUT2D eigenvalue weighted by atomic mass is 32.2. The molecule has 0 fully saturated rings. The summed E-state index contributed by atoms with van der Waals surface area (Å²) >= 11 is 1.73. The number of benzene rings is 1. The highest BCUT2D eigenvalue weighted by Gasteiger charge is 1.99. The lowest BCUT2D eigenvalue weighted by Crippen LogP contribution is -2.21. The van der Waals surface area contributed by atoms with Gasteiger partial charge in [0.15, 0.2) is 0 Å². The molecule has 0 unspecified atom stereocenters. The van der Waals surface area contributed by atoms with Crippen LogP contribution in [0.3, 0.4) is 0 Å². The van der Waals surface area contributed by atoms with Crippen LogP contribution in [-0.2, 0) is 11.3 Å². The average molecular weight is 224 g/mol. The first-order valence-corrected chi connectivity index (χ1v) is 6.07. The second-order valence-corrected chi connectivity index (χ2v) is 4.05. The lowest BCUT2D eigenvalue weighted by molar-refractivity contribution is -0.117. The maximum Gasteiger partial charge on any atom is 0.218 e. The number of hydrogen-bond donors (Lipinski definition) is 2. The van der Waals surface area contributed by atoms with E-state index in [1.54, 1.807) is 11.8 Å². The van der Waals surface area contributed by atoms with Crippen LogP contribution in [0.1, 0.15) is 12.0 Å². The van der Waals surface area contributed by atoms with E-state index in [1.807, 2.05) is 12.1 Å². The van der Waals surface area contributed by atoms with Crippen LogP contribution in [0.2, 0.25) is 0 Å². The minimum atomic E-state index is -0.263. The van der Waals surface area contributed by atoms with Gasteiger partial charge in [-0.15, -0.1) is 11.8 Å². The molecule has 0 saturated carbocycles. The zero-order chi connectivity index (χ0) is 11.1. The zero-order valence-corrected chi connectivity index (χ0v) is 9.64. The number of rotatable bonds is 6. The summed E-state index contributed by atoms with van der Waals surface area (Å²) in [7, 11) is 0. The summed E-state index contributed by atoms with van der Waals surface area (Å²) in [5, 5.41) is 3.19. The third kappa shape index (κ3) is 4.36. The smallest absolute Gasteiger partial charge is 0.218 e. The molecular formula is C11H16N2OS. The van der Waals surface area contributed by atoms with Crippen LogP contribution in [0.15, 0.2) is 29.2 Å². The minimum Gasteiger partial charge on any atom is -0.370 e. The quantitative estimate of drug-likeness (QED) is 0.567. The van der Waals surface area contributed by atoms with Gasteiger partial charge in [0.2, 0.25) is 5.91 Å². The molecule has 15 heavy (non-hydrogen) atoms. The van der Waals surface area contributed by atoms with Crippen LogP contribution in [0.5, 0.6) is 0 Å². The number of carbonyl (C=O) groups excluding carboxylic acids is 1. The van der Waals surface area contributed by atoms with Gasteiger partial charge in [-0.3, -0.25) is 4.79 Å². The van der Waals surface area contributed by atoms with Gasteiger partial charge in [-0.25, -0.2) is 0 Å². The van der Waals surface area contributed by atoms with Crippen LogP contribution in [0.25, 0.3) is 0 Å². The fraction of sp³-hybridized carbons (Fsp3) is 0.364. The van der Waals surface area contributed by atoms with Crippen molar-refractivity contribution in [3.8, 4) is 0 Å². The Kier molecular flexibility index (Phi) is 5.21. The molecule has 1 rings (SSSR count). The normalized spacial score (nSPS) is 10.2. The number of primary amides is 1. The fourth-order valence-electron chi connectivity index (χ4n) is 1.28. The van der Waals surface area contributed by atoms with Crippen molar-refractivity contribution in [1.29, 1.82) is 0 Å². The molecule has 0 bridgehead atoms. The van der Waals surface area contributed by atoms with E-state index in [0.717, 1.165) is 6.54 Å². The Labute approximate surface area is 94.4 Å². The van der Waals surface area contributed by atoms with Crippen molar-refractivity contribution in [2.24, 2.45) is 5.73 Å². The Hall–Kier alpha value is -1.00. The van der Waals surface area contributed by atoms with Crippen LogP contribution >= 0.6 is 11.8 Å².